The first-order valence-electron chi connectivity index (χ1n) is 5.58. The maximum absolute atomic E-state index is 13.2. The molecule has 2 amide bonds. The monoisotopic (exact) mass is 233 g/mol. The number of halogens is 1. The van der Waals surface area contributed by atoms with E-state index in [0.29, 0.717) is 5.56 Å². The first kappa shape index (κ1) is 10.3. The largest absolute Gasteiger partial charge is 0.385 e. The molecule has 1 saturated carbocycles. The number of amidine groups is 1. The van der Waals surface area contributed by atoms with Crippen molar-refractivity contribution in [2.45, 2.75) is 24.9 Å². The fourth-order valence-corrected chi connectivity index (χ4v) is 2.21. The summed E-state index contributed by atoms with van der Waals surface area (Å²) in [5, 5.41) is 0. The molecule has 1 unspecified atom stereocenters. The van der Waals surface area contributed by atoms with E-state index in [1.165, 1.54) is 12.1 Å². The molecule has 5 heteroatoms. The molecular weight excluding hydrogens is 221 g/mol. The van der Waals surface area contributed by atoms with Gasteiger partial charge in [-0.1, -0.05) is 12.1 Å². The van der Waals surface area contributed by atoms with Crippen molar-refractivity contribution in [2.75, 3.05) is 0 Å². The Morgan fingerprint density at radius 1 is 1.41 bits per heavy atom. The minimum absolute atomic E-state index is 0.209. The summed E-state index contributed by atoms with van der Waals surface area (Å²) in [6.45, 7) is 0. The third-order valence-corrected chi connectivity index (χ3v) is 3.11. The molecule has 0 radical (unpaired) electrons. The Bertz CT molecular complexity index is 510. The Balaban J connectivity index is 1.99. The Labute approximate surface area is 97.9 Å². The van der Waals surface area contributed by atoms with Crippen LogP contribution in [-0.4, -0.2) is 22.8 Å². The summed E-state index contributed by atoms with van der Waals surface area (Å²) in [5.41, 5.74) is 6.46. The highest BCUT2D eigenvalue weighted by atomic mass is 19.1. The highest BCUT2D eigenvalue weighted by Crippen LogP contribution is 2.38. The normalized spacial score (nSPS) is 24.1. The van der Waals surface area contributed by atoms with E-state index in [0.717, 1.165) is 12.8 Å². The van der Waals surface area contributed by atoms with E-state index < -0.39 is 6.04 Å². The maximum atomic E-state index is 13.2. The van der Waals surface area contributed by atoms with Gasteiger partial charge in [-0.05, 0) is 30.5 Å². The maximum Gasteiger partial charge on any atom is 0.346 e. The van der Waals surface area contributed by atoms with Gasteiger partial charge in [-0.2, -0.15) is 4.99 Å². The van der Waals surface area contributed by atoms with E-state index in [2.05, 4.69) is 4.99 Å². The van der Waals surface area contributed by atoms with Gasteiger partial charge < -0.3 is 10.6 Å². The van der Waals surface area contributed by atoms with E-state index >= 15 is 0 Å². The molecule has 17 heavy (non-hydrogen) atoms. The van der Waals surface area contributed by atoms with Gasteiger partial charge in [0.15, 0.2) is 0 Å². The molecule has 1 aliphatic heterocycles. The zero-order valence-corrected chi connectivity index (χ0v) is 9.14. The molecule has 2 aliphatic rings. The SMILES string of the molecule is NC1=NC(=O)N(C2CC2)C1c1cccc(F)c1. The van der Waals surface area contributed by atoms with Crippen molar-refractivity contribution in [1.29, 1.82) is 0 Å². The molecule has 0 bridgehead atoms. The fraction of sp³-hybridized carbons (Fsp3) is 0.333. The smallest absolute Gasteiger partial charge is 0.346 e. The third-order valence-electron chi connectivity index (χ3n) is 3.11. The number of urea groups is 1. The average Bonchev–Trinajstić information content (AvgIpc) is 3.04. The Kier molecular flexibility index (Phi) is 2.14. The van der Waals surface area contributed by atoms with Crippen molar-refractivity contribution in [1.82, 2.24) is 4.90 Å². The first-order valence-corrected chi connectivity index (χ1v) is 5.58. The molecule has 3 rings (SSSR count). The van der Waals surface area contributed by atoms with E-state index in [1.54, 1.807) is 17.0 Å². The van der Waals surface area contributed by atoms with Crippen LogP contribution >= 0.6 is 0 Å². The van der Waals surface area contributed by atoms with Crippen LogP contribution in [0.25, 0.3) is 0 Å². The van der Waals surface area contributed by atoms with Gasteiger partial charge in [-0.15, -0.1) is 0 Å². The number of carbonyl (C=O) groups excluding carboxylic acids is 1. The topological polar surface area (TPSA) is 58.7 Å². The van der Waals surface area contributed by atoms with Gasteiger partial charge in [0.25, 0.3) is 0 Å². The number of hydrogen-bond acceptors (Lipinski definition) is 2. The standard InChI is InChI=1S/C12H12FN3O/c13-8-3-1-2-7(6-8)10-11(14)15-12(17)16(10)9-4-5-9/h1-3,6,9-10H,4-5H2,(H2,14,15,17). The van der Waals surface area contributed by atoms with Crippen molar-refractivity contribution in [3.05, 3.63) is 35.6 Å². The quantitative estimate of drug-likeness (QED) is 0.847. The van der Waals surface area contributed by atoms with Crippen LogP contribution in [0.5, 0.6) is 0 Å². The third kappa shape index (κ3) is 1.67. The number of nitrogens with zero attached hydrogens (tertiary/aromatic N) is 2. The Hall–Kier alpha value is -1.91. The van der Waals surface area contributed by atoms with Crippen LogP contribution in [0.3, 0.4) is 0 Å². The molecule has 4 nitrogen and oxygen atoms in total. The Morgan fingerprint density at radius 2 is 2.18 bits per heavy atom. The second-order valence-corrected chi connectivity index (χ2v) is 4.42. The first-order chi connectivity index (χ1) is 8.16. The van der Waals surface area contributed by atoms with Gasteiger partial charge in [0.05, 0.1) is 0 Å². The van der Waals surface area contributed by atoms with E-state index in [1.807, 2.05) is 0 Å². The molecule has 0 aromatic heterocycles. The van der Waals surface area contributed by atoms with E-state index in [-0.39, 0.29) is 23.7 Å². The lowest BCUT2D eigenvalue weighted by molar-refractivity contribution is 0.203. The minimum atomic E-state index is -0.398. The number of benzene rings is 1. The summed E-state index contributed by atoms with van der Waals surface area (Å²) in [5.74, 6) is -0.0714. The van der Waals surface area contributed by atoms with Gasteiger partial charge >= 0.3 is 6.03 Å². The number of nitrogens with two attached hydrogens (primary N) is 1. The second kappa shape index (κ2) is 3.55. The van der Waals surface area contributed by atoms with Crippen molar-refractivity contribution in [3.63, 3.8) is 0 Å². The Morgan fingerprint density at radius 3 is 2.82 bits per heavy atom. The fourth-order valence-electron chi connectivity index (χ4n) is 2.21. The summed E-state index contributed by atoms with van der Waals surface area (Å²) < 4.78 is 13.2. The minimum Gasteiger partial charge on any atom is -0.385 e. The predicted molar refractivity (Wildman–Crippen MR) is 61.0 cm³/mol. The molecule has 1 aromatic rings. The second-order valence-electron chi connectivity index (χ2n) is 4.42. The van der Waals surface area contributed by atoms with E-state index in [9.17, 15) is 9.18 Å². The summed E-state index contributed by atoms with van der Waals surface area (Å²) in [4.78, 5) is 17.1. The molecule has 1 atom stereocenters. The number of aliphatic imine (C=N–C) groups is 1. The molecule has 1 aliphatic carbocycles. The molecule has 1 fully saturated rings. The summed E-state index contributed by atoms with van der Waals surface area (Å²) >= 11 is 0. The van der Waals surface area contributed by atoms with Crippen LogP contribution in [0, 0.1) is 5.82 Å². The molecular formula is C12H12FN3O. The number of rotatable bonds is 2. The van der Waals surface area contributed by atoms with Gasteiger partial charge in [0, 0.05) is 6.04 Å². The van der Waals surface area contributed by atoms with Crippen molar-refractivity contribution in [3.8, 4) is 0 Å². The van der Waals surface area contributed by atoms with Crippen molar-refractivity contribution >= 4 is 11.9 Å². The predicted octanol–water partition coefficient (Wildman–Crippen LogP) is 1.82. The lowest BCUT2D eigenvalue weighted by Gasteiger charge is -2.24. The zero-order chi connectivity index (χ0) is 12.0. The summed E-state index contributed by atoms with van der Waals surface area (Å²) in [7, 11) is 0. The van der Waals surface area contributed by atoms with Crippen LogP contribution in [0.4, 0.5) is 9.18 Å². The van der Waals surface area contributed by atoms with Crippen LogP contribution < -0.4 is 5.73 Å². The van der Waals surface area contributed by atoms with Crippen LogP contribution in [0.15, 0.2) is 29.3 Å². The van der Waals surface area contributed by atoms with E-state index in [4.69, 9.17) is 5.73 Å². The molecule has 0 spiro atoms. The molecule has 1 aromatic carbocycles. The number of hydrogen-bond donors (Lipinski definition) is 1. The van der Waals surface area contributed by atoms with Crippen molar-refractivity contribution in [2.24, 2.45) is 10.7 Å². The van der Waals surface area contributed by atoms with Gasteiger partial charge in [-0.25, -0.2) is 9.18 Å². The number of amides is 2. The van der Waals surface area contributed by atoms with Gasteiger partial charge in [0.1, 0.15) is 17.7 Å². The lowest BCUT2D eigenvalue weighted by atomic mass is 10.1. The average molecular weight is 233 g/mol. The van der Waals surface area contributed by atoms with Crippen LogP contribution in [-0.2, 0) is 0 Å². The summed E-state index contributed by atoms with van der Waals surface area (Å²) in [6.07, 6.45) is 1.95. The molecule has 88 valence electrons. The molecule has 0 saturated heterocycles. The lowest BCUT2D eigenvalue weighted by Crippen LogP contribution is -2.35. The molecule has 2 N–H and O–H groups in total. The van der Waals surface area contributed by atoms with Crippen LogP contribution in [0.2, 0.25) is 0 Å². The number of carbonyl (C=O) groups is 1. The highest BCUT2D eigenvalue weighted by molar-refractivity contribution is 6.03. The van der Waals surface area contributed by atoms with Gasteiger partial charge in [0.2, 0.25) is 0 Å². The molecule has 1 heterocycles. The van der Waals surface area contributed by atoms with Crippen molar-refractivity contribution < 1.29 is 9.18 Å². The van der Waals surface area contributed by atoms with Gasteiger partial charge in [-0.3, -0.25) is 0 Å². The highest BCUT2D eigenvalue weighted by Gasteiger charge is 2.43. The zero-order valence-electron chi connectivity index (χ0n) is 9.14. The van der Waals surface area contributed by atoms with Crippen LogP contribution in [0.1, 0.15) is 24.4 Å². The summed E-state index contributed by atoms with van der Waals surface area (Å²) in [6, 6.07) is 5.66.